The molecular formula is C25H23Cl2FN4O2. The van der Waals surface area contributed by atoms with E-state index in [0.29, 0.717) is 52.4 Å². The normalized spacial score (nSPS) is 12.0. The van der Waals surface area contributed by atoms with E-state index in [1.165, 1.54) is 12.3 Å². The number of alkyl halides is 1. The van der Waals surface area contributed by atoms with E-state index in [9.17, 15) is 9.18 Å². The minimum absolute atomic E-state index is 0.236. The number of benzene rings is 2. The van der Waals surface area contributed by atoms with E-state index in [1.54, 1.807) is 48.1 Å². The molecule has 0 saturated heterocycles. The number of carbonyl (C=O) groups excluding carboxylic acids is 1. The smallest absolute Gasteiger partial charge is 0.341 e. The fourth-order valence-corrected chi connectivity index (χ4v) is 4.07. The second-order valence-corrected chi connectivity index (χ2v) is 8.58. The summed E-state index contributed by atoms with van der Waals surface area (Å²) in [4.78, 5) is 17.0. The van der Waals surface area contributed by atoms with Crippen LogP contribution in [-0.4, -0.2) is 33.9 Å². The first-order valence-corrected chi connectivity index (χ1v) is 11.7. The van der Waals surface area contributed by atoms with Gasteiger partial charge in [-0.25, -0.2) is 18.9 Å². The molecule has 0 radical (unpaired) electrons. The monoisotopic (exact) mass is 500 g/mol. The maximum absolute atomic E-state index is 14.0. The first-order chi connectivity index (χ1) is 16.5. The summed E-state index contributed by atoms with van der Waals surface area (Å²) in [5.74, 6) is -0.757. The van der Waals surface area contributed by atoms with Gasteiger partial charge in [0.2, 0.25) is 0 Å². The maximum atomic E-state index is 14.0. The molecule has 0 saturated carbocycles. The number of ether oxygens (including phenoxy) is 1. The Labute approximate surface area is 206 Å². The van der Waals surface area contributed by atoms with Crippen LogP contribution in [0.4, 0.5) is 10.1 Å². The summed E-state index contributed by atoms with van der Waals surface area (Å²) in [6, 6.07) is 13.9. The lowest BCUT2D eigenvalue weighted by molar-refractivity contribution is 0.0527. The largest absolute Gasteiger partial charge is 0.462 e. The van der Waals surface area contributed by atoms with Crippen LogP contribution in [-0.2, 0) is 17.7 Å². The van der Waals surface area contributed by atoms with Crippen molar-refractivity contribution < 1.29 is 13.9 Å². The maximum Gasteiger partial charge on any atom is 0.341 e. The number of pyridine rings is 1. The summed E-state index contributed by atoms with van der Waals surface area (Å²) >= 11 is 12.6. The molecule has 0 bridgehead atoms. The van der Waals surface area contributed by atoms with E-state index >= 15 is 0 Å². The number of nitrogens with zero attached hydrogens (tertiary/aromatic N) is 3. The summed E-state index contributed by atoms with van der Waals surface area (Å²) in [6.07, 6.45) is 3.55. The number of hydrogen-bond donors (Lipinski definition) is 1. The fourth-order valence-electron chi connectivity index (χ4n) is 3.67. The number of rotatable bonds is 9. The van der Waals surface area contributed by atoms with Gasteiger partial charge in [0.15, 0.2) is 5.65 Å². The highest BCUT2D eigenvalue weighted by Crippen LogP contribution is 2.29. The summed E-state index contributed by atoms with van der Waals surface area (Å²) in [7, 11) is 0. The third-order valence-corrected chi connectivity index (χ3v) is 6.02. The first-order valence-electron chi connectivity index (χ1n) is 10.9. The number of hydrogen-bond acceptors (Lipinski definition) is 5. The Morgan fingerprint density at radius 3 is 2.68 bits per heavy atom. The number of aromatic nitrogens is 3. The highest BCUT2D eigenvalue weighted by Gasteiger charge is 2.20. The number of halogens is 3. The lowest BCUT2D eigenvalue weighted by atomic mass is 10.1. The molecule has 176 valence electrons. The third-order valence-electron chi connectivity index (χ3n) is 5.38. The van der Waals surface area contributed by atoms with Crippen LogP contribution in [0.3, 0.4) is 0 Å². The lowest BCUT2D eigenvalue weighted by Crippen LogP contribution is -2.14. The van der Waals surface area contributed by atoms with Crippen molar-refractivity contribution in [1.82, 2.24) is 14.8 Å². The molecular weight excluding hydrogens is 478 g/mol. The molecule has 2 aromatic heterocycles. The van der Waals surface area contributed by atoms with Crippen LogP contribution in [0.2, 0.25) is 5.02 Å². The SMILES string of the molecule is CCOC(=O)c1cnc2c(cnn2CC(Cl)c2ccc(Cl)cc2)c1NCCc1ccccc1F. The van der Waals surface area contributed by atoms with Crippen molar-refractivity contribution >= 4 is 45.9 Å². The van der Waals surface area contributed by atoms with Gasteiger partial charge in [-0.05, 0) is 42.7 Å². The minimum atomic E-state index is -0.491. The molecule has 0 aliphatic rings. The molecule has 1 unspecified atom stereocenters. The summed E-state index contributed by atoms with van der Waals surface area (Å²) in [5, 5.41) is 8.66. The van der Waals surface area contributed by atoms with Gasteiger partial charge in [0.25, 0.3) is 0 Å². The Kier molecular flexibility index (Phi) is 7.65. The van der Waals surface area contributed by atoms with Crippen LogP contribution in [0, 0.1) is 5.82 Å². The highest BCUT2D eigenvalue weighted by molar-refractivity contribution is 6.30. The van der Waals surface area contributed by atoms with Crippen molar-refractivity contribution in [3.8, 4) is 0 Å². The number of esters is 1. The quantitative estimate of drug-likeness (QED) is 0.224. The van der Waals surface area contributed by atoms with Gasteiger partial charge in [-0.2, -0.15) is 5.10 Å². The Bertz CT molecular complexity index is 1290. The third kappa shape index (κ3) is 5.32. The number of fused-ring (bicyclic) bond motifs is 1. The van der Waals surface area contributed by atoms with Gasteiger partial charge in [0.1, 0.15) is 11.4 Å². The Hall–Kier alpha value is -3.16. The molecule has 0 aliphatic heterocycles. The molecule has 1 N–H and O–H groups in total. The Morgan fingerprint density at radius 1 is 1.18 bits per heavy atom. The zero-order valence-corrected chi connectivity index (χ0v) is 20.0. The zero-order chi connectivity index (χ0) is 24.1. The number of nitrogens with one attached hydrogen (secondary N) is 1. The van der Waals surface area contributed by atoms with E-state index in [1.807, 2.05) is 12.1 Å². The molecule has 9 heteroatoms. The van der Waals surface area contributed by atoms with Gasteiger partial charge in [-0.1, -0.05) is 41.9 Å². The Balaban J connectivity index is 1.62. The molecule has 4 rings (SSSR count). The van der Waals surface area contributed by atoms with Crippen LogP contribution in [0.1, 0.15) is 33.8 Å². The van der Waals surface area contributed by atoms with Gasteiger partial charge in [0.05, 0.1) is 35.8 Å². The van der Waals surface area contributed by atoms with Gasteiger partial charge < -0.3 is 10.1 Å². The fraction of sp³-hybridized carbons (Fsp3) is 0.240. The lowest BCUT2D eigenvalue weighted by Gasteiger charge is -2.14. The molecule has 6 nitrogen and oxygen atoms in total. The topological polar surface area (TPSA) is 69.0 Å². The first kappa shape index (κ1) is 24.0. The van der Waals surface area contributed by atoms with Crippen LogP contribution in [0.15, 0.2) is 60.9 Å². The zero-order valence-electron chi connectivity index (χ0n) is 18.5. The molecule has 34 heavy (non-hydrogen) atoms. The van der Waals surface area contributed by atoms with E-state index in [2.05, 4.69) is 15.4 Å². The van der Waals surface area contributed by atoms with Crippen LogP contribution < -0.4 is 5.32 Å². The highest BCUT2D eigenvalue weighted by atomic mass is 35.5. The summed E-state index contributed by atoms with van der Waals surface area (Å²) in [6.45, 7) is 2.75. The molecule has 1 atom stereocenters. The van der Waals surface area contributed by atoms with Crippen molar-refractivity contribution in [2.75, 3.05) is 18.5 Å². The van der Waals surface area contributed by atoms with Crippen molar-refractivity contribution in [3.63, 3.8) is 0 Å². The second kappa shape index (κ2) is 10.8. The van der Waals surface area contributed by atoms with Gasteiger partial charge in [0, 0.05) is 17.8 Å². The average Bonchev–Trinajstić information content (AvgIpc) is 3.24. The molecule has 2 aromatic carbocycles. The molecule has 0 amide bonds. The van der Waals surface area contributed by atoms with Crippen molar-refractivity contribution in [2.24, 2.45) is 0 Å². The summed E-state index contributed by atoms with van der Waals surface area (Å²) < 4.78 is 20.9. The van der Waals surface area contributed by atoms with Gasteiger partial charge in [-0.15, -0.1) is 11.6 Å². The average molecular weight is 501 g/mol. The second-order valence-electron chi connectivity index (χ2n) is 7.62. The van der Waals surface area contributed by atoms with E-state index in [-0.39, 0.29) is 17.8 Å². The standard InChI is InChI=1S/C25H23Cl2FN4O2/c1-2-34-25(33)20-13-30-24-19(23(20)29-12-11-17-5-3-4-6-22(17)28)14-31-32(24)15-21(27)16-7-9-18(26)10-8-16/h3-10,13-14,21H,2,11-12,15H2,1H3,(H,29,30). The van der Waals surface area contributed by atoms with E-state index < -0.39 is 5.97 Å². The molecule has 0 fully saturated rings. The van der Waals surface area contributed by atoms with Crippen LogP contribution in [0.25, 0.3) is 11.0 Å². The molecule has 0 aliphatic carbocycles. The van der Waals surface area contributed by atoms with E-state index in [4.69, 9.17) is 27.9 Å². The minimum Gasteiger partial charge on any atom is -0.462 e. The predicted octanol–water partition coefficient (Wildman–Crippen LogP) is 6.04. The number of carbonyl (C=O) groups is 1. The van der Waals surface area contributed by atoms with Crippen molar-refractivity contribution in [3.05, 3.63) is 88.5 Å². The van der Waals surface area contributed by atoms with Gasteiger partial charge in [-0.3, -0.25) is 0 Å². The van der Waals surface area contributed by atoms with Gasteiger partial charge >= 0.3 is 5.97 Å². The van der Waals surface area contributed by atoms with Crippen molar-refractivity contribution in [2.45, 2.75) is 25.3 Å². The van der Waals surface area contributed by atoms with Crippen LogP contribution >= 0.6 is 23.2 Å². The predicted molar refractivity (Wildman–Crippen MR) is 132 cm³/mol. The summed E-state index contributed by atoms with van der Waals surface area (Å²) in [5.41, 5.74) is 2.90. The van der Waals surface area contributed by atoms with Crippen molar-refractivity contribution in [1.29, 1.82) is 0 Å². The number of anilines is 1. The Morgan fingerprint density at radius 2 is 1.94 bits per heavy atom. The van der Waals surface area contributed by atoms with Crippen LogP contribution in [0.5, 0.6) is 0 Å². The van der Waals surface area contributed by atoms with E-state index in [0.717, 1.165) is 5.56 Å². The molecule has 2 heterocycles. The molecule has 0 spiro atoms. The molecule has 4 aromatic rings.